The van der Waals surface area contributed by atoms with Gasteiger partial charge >= 0.3 is 0 Å². The standard InChI is InChI=1S/C9H24OSi2/c1-6-12(4,5)10-8-7-9-11(2)3/h11H,6-9H2,1-5H3. The summed E-state index contributed by atoms with van der Waals surface area (Å²) in [6.07, 6.45) is 1.29. The highest BCUT2D eigenvalue weighted by Crippen LogP contribution is 2.11. The quantitative estimate of drug-likeness (QED) is 0.477. The van der Waals surface area contributed by atoms with E-state index >= 15 is 0 Å². The molecule has 0 spiro atoms. The highest BCUT2D eigenvalue weighted by molar-refractivity contribution is 6.71. The van der Waals surface area contributed by atoms with Gasteiger partial charge in [0.1, 0.15) is 0 Å². The van der Waals surface area contributed by atoms with Crippen LogP contribution in [0.2, 0.25) is 38.3 Å². The van der Waals surface area contributed by atoms with Crippen molar-refractivity contribution in [2.45, 2.75) is 51.6 Å². The molecule has 0 aliphatic rings. The molecule has 0 amide bonds. The van der Waals surface area contributed by atoms with Gasteiger partial charge in [-0.3, -0.25) is 0 Å². The van der Waals surface area contributed by atoms with Crippen molar-refractivity contribution >= 4 is 17.1 Å². The Hall–Kier alpha value is 0.394. The van der Waals surface area contributed by atoms with Crippen LogP contribution in [-0.4, -0.2) is 23.7 Å². The lowest BCUT2D eigenvalue weighted by Gasteiger charge is -2.20. The second kappa shape index (κ2) is 5.94. The van der Waals surface area contributed by atoms with E-state index in [1.54, 1.807) is 0 Å². The van der Waals surface area contributed by atoms with E-state index in [-0.39, 0.29) is 8.80 Å². The molecule has 0 N–H and O–H groups in total. The van der Waals surface area contributed by atoms with Gasteiger partial charge in [-0.25, -0.2) is 0 Å². The van der Waals surface area contributed by atoms with Gasteiger partial charge in [-0.05, 0) is 25.6 Å². The maximum absolute atomic E-state index is 5.89. The van der Waals surface area contributed by atoms with E-state index in [1.807, 2.05) is 0 Å². The summed E-state index contributed by atoms with van der Waals surface area (Å²) < 4.78 is 5.89. The lowest BCUT2D eigenvalue weighted by atomic mass is 10.5. The van der Waals surface area contributed by atoms with Gasteiger partial charge in [0.2, 0.25) is 0 Å². The molecule has 74 valence electrons. The molecule has 0 aromatic heterocycles. The van der Waals surface area contributed by atoms with Crippen LogP contribution < -0.4 is 0 Å². The molecule has 12 heavy (non-hydrogen) atoms. The monoisotopic (exact) mass is 204 g/mol. The zero-order valence-electron chi connectivity index (χ0n) is 9.31. The normalized spacial score (nSPS) is 12.5. The third-order valence-electron chi connectivity index (χ3n) is 2.27. The largest absolute Gasteiger partial charge is 0.417 e. The van der Waals surface area contributed by atoms with Crippen LogP contribution in [0.25, 0.3) is 0 Å². The maximum atomic E-state index is 5.89. The summed E-state index contributed by atoms with van der Waals surface area (Å²) in [5.74, 6) is 0. The molecule has 0 fully saturated rings. The van der Waals surface area contributed by atoms with Gasteiger partial charge < -0.3 is 4.43 Å². The summed E-state index contributed by atoms with van der Waals surface area (Å²) in [6.45, 7) is 12.7. The van der Waals surface area contributed by atoms with E-state index in [0.29, 0.717) is 0 Å². The molecule has 0 radical (unpaired) electrons. The molecule has 0 rings (SSSR count). The first-order chi connectivity index (χ1) is 5.48. The minimum Gasteiger partial charge on any atom is -0.417 e. The number of rotatable bonds is 6. The van der Waals surface area contributed by atoms with Crippen molar-refractivity contribution in [2.75, 3.05) is 6.61 Å². The lowest BCUT2D eigenvalue weighted by molar-refractivity contribution is 0.307. The third-order valence-corrected chi connectivity index (χ3v) is 6.52. The molecule has 0 saturated heterocycles. The first-order valence-electron chi connectivity index (χ1n) is 5.12. The summed E-state index contributed by atoms with van der Waals surface area (Å²) in [5, 5.41) is 0. The van der Waals surface area contributed by atoms with E-state index in [2.05, 4.69) is 33.1 Å². The molecular formula is C9H24OSi2. The molecule has 0 heterocycles. The highest BCUT2D eigenvalue weighted by atomic mass is 28.4. The predicted molar refractivity (Wildman–Crippen MR) is 62.2 cm³/mol. The van der Waals surface area contributed by atoms with Gasteiger partial charge in [0.05, 0.1) is 0 Å². The van der Waals surface area contributed by atoms with Crippen molar-refractivity contribution < 1.29 is 4.43 Å². The fraction of sp³-hybridized carbons (Fsp3) is 1.00. The SMILES string of the molecule is CC[Si](C)(C)OCCC[SiH](C)C. The molecule has 0 saturated carbocycles. The Labute approximate surface area is 80.3 Å². The summed E-state index contributed by atoms with van der Waals surface area (Å²) >= 11 is 0. The Balaban J connectivity index is 3.31. The van der Waals surface area contributed by atoms with Crippen LogP contribution in [0, 0.1) is 0 Å². The average molecular weight is 204 g/mol. The van der Waals surface area contributed by atoms with Crippen LogP contribution in [0.3, 0.4) is 0 Å². The van der Waals surface area contributed by atoms with Gasteiger partial charge in [-0.1, -0.05) is 26.1 Å². The summed E-state index contributed by atoms with van der Waals surface area (Å²) in [5.41, 5.74) is 0. The molecule has 0 atom stereocenters. The second-order valence-electron chi connectivity index (χ2n) is 4.50. The summed E-state index contributed by atoms with van der Waals surface area (Å²) in [7, 11) is -1.56. The smallest absolute Gasteiger partial charge is 0.186 e. The molecule has 1 nitrogen and oxygen atoms in total. The fourth-order valence-corrected chi connectivity index (χ4v) is 2.83. The summed E-state index contributed by atoms with van der Waals surface area (Å²) in [4.78, 5) is 0. The average Bonchev–Trinajstić information content (AvgIpc) is 1.98. The molecule has 0 bridgehead atoms. The third kappa shape index (κ3) is 7.07. The molecule has 0 aromatic rings. The van der Waals surface area contributed by atoms with Gasteiger partial charge in [0.25, 0.3) is 0 Å². The second-order valence-corrected chi connectivity index (χ2v) is 12.4. The van der Waals surface area contributed by atoms with E-state index in [1.165, 1.54) is 18.5 Å². The van der Waals surface area contributed by atoms with Gasteiger partial charge in [-0.2, -0.15) is 0 Å². The highest BCUT2D eigenvalue weighted by Gasteiger charge is 2.18. The zero-order valence-corrected chi connectivity index (χ0v) is 11.5. The van der Waals surface area contributed by atoms with Crippen LogP contribution in [0.1, 0.15) is 13.3 Å². The van der Waals surface area contributed by atoms with Crippen LogP contribution in [0.4, 0.5) is 0 Å². The zero-order chi connectivity index (χ0) is 9.61. The van der Waals surface area contributed by atoms with E-state index < -0.39 is 8.32 Å². The van der Waals surface area contributed by atoms with Crippen molar-refractivity contribution in [2.24, 2.45) is 0 Å². The first kappa shape index (κ1) is 12.4. The van der Waals surface area contributed by atoms with Crippen molar-refractivity contribution in [3.63, 3.8) is 0 Å². The Morgan fingerprint density at radius 2 is 1.83 bits per heavy atom. The molecular weight excluding hydrogens is 180 g/mol. The van der Waals surface area contributed by atoms with Crippen LogP contribution in [0.15, 0.2) is 0 Å². The van der Waals surface area contributed by atoms with Crippen LogP contribution in [0.5, 0.6) is 0 Å². The minimum absolute atomic E-state index is 0.330. The van der Waals surface area contributed by atoms with Crippen LogP contribution >= 0.6 is 0 Å². The van der Waals surface area contributed by atoms with Crippen molar-refractivity contribution in [1.29, 1.82) is 0 Å². The van der Waals surface area contributed by atoms with Gasteiger partial charge in [0.15, 0.2) is 8.32 Å². The molecule has 0 aliphatic carbocycles. The molecule has 0 unspecified atom stereocenters. The lowest BCUT2D eigenvalue weighted by Crippen LogP contribution is -2.29. The Bertz CT molecular complexity index is 113. The first-order valence-corrected chi connectivity index (χ1v) is 11.4. The van der Waals surface area contributed by atoms with Crippen molar-refractivity contribution in [1.82, 2.24) is 0 Å². The molecule has 0 aliphatic heterocycles. The Morgan fingerprint density at radius 3 is 2.25 bits per heavy atom. The minimum atomic E-state index is -1.23. The number of hydrogen-bond acceptors (Lipinski definition) is 1. The van der Waals surface area contributed by atoms with Crippen molar-refractivity contribution in [3.05, 3.63) is 0 Å². The Morgan fingerprint density at radius 1 is 1.25 bits per heavy atom. The fourth-order valence-electron chi connectivity index (χ4n) is 0.942. The van der Waals surface area contributed by atoms with Gasteiger partial charge in [0, 0.05) is 15.4 Å². The van der Waals surface area contributed by atoms with E-state index in [0.717, 1.165) is 6.61 Å². The van der Waals surface area contributed by atoms with E-state index in [9.17, 15) is 0 Å². The Kier molecular flexibility index (Phi) is 6.14. The van der Waals surface area contributed by atoms with Crippen LogP contribution in [-0.2, 0) is 4.43 Å². The molecule has 0 aromatic carbocycles. The number of hydrogen-bond donors (Lipinski definition) is 0. The van der Waals surface area contributed by atoms with Gasteiger partial charge in [-0.15, -0.1) is 0 Å². The molecule has 3 heteroatoms. The summed E-state index contributed by atoms with van der Waals surface area (Å²) in [6, 6.07) is 2.68. The maximum Gasteiger partial charge on any atom is 0.186 e. The predicted octanol–water partition coefficient (Wildman–Crippen LogP) is 3.10. The van der Waals surface area contributed by atoms with Crippen molar-refractivity contribution in [3.8, 4) is 0 Å². The van der Waals surface area contributed by atoms with E-state index in [4.69, 9.17) is 4.43 Å². The topological polar surface area (TPSA) is 9.23 Å².